The second kappa shape index (κ2) is 5.05. The summed E-state index contributed by atoms with van der Waals surface area (Å²) in [5.41, 5.74) is 2.29. The molecule has 0 saturated carbocycles. The van der Waals surface area contributed by atoms with Gasteiger partial charge in [-0.3, -0.25) is 4.79 Å². The van der Waals surface area contributed by atoms with Crippen molar-refractivity contribution in [3.63, 3.8) is 0 Å². The minimum Gasteiger partial charge on any atom is -0.396 e. The van der Waals surface area contributed by atoms with E-state index < -0.39 is 0 Å². The van der Waals surface area contributed by atoms with Crippen molar-refractivity contribution in [2.45, 2.75) is 12.8 Å². The lowest BCUT2D eigenvalue weighted by atomic mass is 10.1. The number of carbonyl (C=O) groups excluding carboxylic acids is 1. The Balaban J connectivity index is 1.64. The molecule has 2 N–H and O–H groups in total. The Morgan fingerprint density at radius 1 is 1.37 bits per heavy atom. The first-order valence-corrected chi connectivity index (χ1v) is 6.71. The topological polar surface area (TPSA) is 56.3 Å². The maximum Gasteiger partial charge on any atom is 0.223 e. The first kappa shape index (κ1) is 12.2. The number of aromatic nitrogens is 1. The number of carbonyl (C=O) groups is 1. The lowest BCUT2D eigenvalue weighted by molar-refractivity contribution is -0.127. The van der Waals surface area contributed by atoms with Gasteiger partial charge in [-0.1, -0.05) is 18.2 Å². The Hall–Kier alpha value is -1.81. The van der Waals surface area contributed by atoms with Crippen molar-refractivity contribution in [3.05, 3.63) is 36.0 Å². The van der Waals surface area contributed by atoms with Crippen LogP contribution in [0.1, 0.15) is 12.1 Å². The highest BCUT2D eigenvalue weighted by atomic mass is 16.3. The molecule has 2 heterocycles. The molecule has 1 amide bonds. The van der Waals surface area contributed by atoms with Gasteiger partial charge >= 0.3 is 0 Å². The van der Waals surface area contributed by atoms with Gasteiger partial charge in [0.2, 0.25) is 5.91 Å². The van der Waals surface area contributed by atoms with E-state index in [2.05, 4.69) is 23.2 Å². The quantitative estimate of drug-likeness (QED) is 0.874. The molecule has 4 heteroatoms. The maximum absolute atomic E-state index is 11.7. The number of aromatic amines is 1. The van der Waals surface area contributed by atoms with Crippen LogP contribution in [0.25, 0.3) is 10.9 Å². The molecular weight excluding hydrogens is 240 g/mol. The summed E-state index contributed by atoms with van der Waals surface area (Å²) >= 11 is 0. The number of nitrogens with one attached hydrogen (secondary N) is 1. The van der Waals surface area contributed by atoms with Crippen LogP contribution in [-0.2, 0) is 11.2 Å². The Kier molecular flexibility index (Phi) is 3.25. The Bertz CT molecular complexity index is 558. The van der Waals surface area contributed by atoms with Gasteiger partial charge in [0.05, 0.1) is 0 Å². The molecule has 1 aromatic heterocycles. The normalized spacial score (nSPS) is 19.5. The van der Waals surface area contributed by atoms with Gasteiger partial charge in [0, 0.05) is 49.7 Å². The zero-order chi connectivity index (χ0) is 13.2. The van der Waals surface area contributed by atoms with Crippen LogP contribution in [0.2, 0.25) is 0 Å². The molecule has 100 valence electrons. The minimum absolute atomic E-state index is 0.106. The molecule has 0 aliphatic carbocycles. The molecule has 0 bridgehead atoms. The maximum atomic E-state index is 11.7. The van der Waals surface area contributed by atoms with Gasteiger partial charge in [-0.2, -0.15) is 0 Å². The molecule has 0 radical (unpaired) electrons. The molecule has 1 atom stereocenters. The Labute approximate surface area is 112 Å². The number of hydrogen-bond acceptors (Lipinski definition) is 2. The van der Waals surface area contributed by atoms with Crippen molar-refractivity contribution < 1.29 is 9.90 Å². The number of likely N-dealkylation sites (tertiary alicyclic amines) is 1. The van der Waals surface area contributed by atoms with E-state index >= 15 is 0 Å². The highest BCUT2D eigenvalue weighted by Gasteiger charge is 2.28. The van der Waals surface area contributed by atoms with Crippen molar-refractivity contribution in [2.24, 2.45) is 5.92 Å². The number of hydrogen-bond donors (Lipinski definition) is 2. The number of aliphatic hydroxyl groups excluding tert-OH is 1. The third kappa shape index (κ3) is 2.49. The molecule has 1 saturated heterocycles. The molecule has 1 unspecified atom stereocenters. The average Bonchev–Trinajstić information content (AvgIpc) is 2.99. The van der Waals surface area contributed by atoms with E-state index in [1.165, 1.54) is 5.39 Å². The van der Waals surface area contributed by atoms with Gasteiger partial charge in [0.25, 0.3) is 0 Å². The zero-order valence-electron chi connectivity index (χ0n) is 10.8. The predicted octanol–water partition coefficient (Wildman–Crippen LogP) is 1.55. The van der Waals surface area contributed by atoms with E-state index in [1.807, 2.05) is 17.0 Å². The van der Waals surface area contributed by atoms with Crippen LogP contribution in [0, 0.1) is 5.92 Å². The number of H-pyrrole nitrogens is 1. The molecule has 19 heavy (non-hydrogen) atoms. The van der Waals surface area contributed by atoms with Crippen LogP contribution in [-0.4, -0.2) is 40.6 Å². The monoisotopic (exact) mass is 258 g/mol. The summed E-state index contributed by atoms with van der Waals surface area (Å²) in [5, 5.41) is 10.3. The van der Waals surface area contributed by atoms with Gasteiger partial charge in [0.1, 0.15) is 0 Å². The largest absolute Gasteiger partial charge is 0.396 e. The second-order valence-corrected chi connectivity index (χ2v) is 5.22. The van der Waals surface area contributed by atoms with Crippen molar-refractivity contribution >= 4 is 16.8 Å². The van der Waals surface area contributed by atoms with Crippen molar-refractivity contribution in [1.82, 2.24) is 9.88 Å². The van der Waals surface area contributed by atoms with E-state index in [-0.39, 0.29) is 18.4 Å². The summed E-state index contributed by atoms with van der Waals surface area (Å²) in [6, 6.07) is 10.3. The van der Waals surface area contributed by atoms with Gasteiger partial charge in [-0.15, -0.1) is 0 Å². The first-order chi connectivity index (χ1) is 9.26. The van der Waals surface area contributed by atoms with E-state index in [0.29, 0.717) is 13.0 Å². The summed E-state index contributed by atoms with van der Waals surface area (Å²) in [6.45, 7) is 1.52. The van der Waals surface area contributed by atoms with Gasteiger partial charge in [-0.25, -0.2) is 0 Å². The summed E-state index contributed by atoms with van der Waals surface area (Å²) in [4.78, 5) is 17.0. The molecule has 3 rings (SSSR count). The summed E-state index contributed by atoms with van der Waals surface area (Å²) in [7, 11) is 0. The molecular formula is C15H18N2O2. The summed E-state index contributed by atoms with van der Waals surface area (Å²) < 4.78 is 0. The van der Waals surface area contributed by atoms with Gasteiger partial charge in [0.15, 0.2) is 0 Å². The molecule has 2 aromatic rings. The zero-order valence-corrected chi connectivity index (χ0v) is 10.8. The van der Waals surface area contributed by atoms with Crippen molar-refractivity contribution in [1.29, 1.82) is 0 Å². The fraction of sp³-hybridized carbons (Fsp3) is 0.400. The van der Waals surface area contributed by atoms with Crippen LogP contribution < -0.4 is 0 Å². The number of benzene rings is 1. The number of para-hydroxylation sites is 1. The standard InChI is InChI=1S/C15H18N2O2/c18-10-11-7-15(19)17(9-11)6-5-13-8-12-3-1-2-4-14(12)16-13/h1-4,8,11,16,18H,5-7,9-10H2. The molecule has 0 spiro atoms. The van der Waals surface area contributed by atoms with Crippen LogP contribution >= 0.6 is 0 Å². The molecule has 4 nitrogen and oxygen atoms in total. The van der Waals surface area contributed by atoms with Crippen LogP contribution in [0.4, 0.5) is 0 Å². The number of aliphatic hydroxyl groups is 1. The third-order valence-electron chi connectivity index (χ3n) is 3.79. The highest BCUT2D eigenvalue weighted by Crippen LogP contribution is 2.19. The molecule has 1 aromatic carbocycles. The average molecular weight is 258 g/mol. The first-order valence-electron chi connectivity index (χ1n) is 6.71. The molecule has 1 aliphatic heterocycles. The SMILES string of the molecule is O=C1CC(CO)CN1CCc1cc2ccccc2[nH]1. The van der Waals surface area contributed by atoms with Crippen molar-refractivity contribution in [2.75, 3.05) is 19.7 Å². The number of fused-ring (bicyclic) bond motifs is 1. The highest BCUT2D eigenvalue weighted by molar-refractivity contribution is 5.80. The molecule has 1 fully saturated rings. The number of rotatable bonds is 4. The third-order valence-corrected chi connectivity index (χ3v) is 3.79. The summed E-state index contributed by atoms with van der Waals surface area (Å²) in [5.74, 6) is 0.283. The number of amides is 1. The van der Waals surface area contributed by atoms with Crippen LogP contribution in [0.3, 0.4) is 0 Å². The molecule has 1 aliphatic rings. The van der Waals surface area contributed by atoms with E-state index in [0.717, 1.165) is 24.2 Å². The Morgan fingerprint density at radius 3 is 2.95 bits per heavy atom. The second-order valence-electron chi connectivity index (χ2n) is 5.22. The Morgan fingerprint density at radius 2 is 2.21 bits per heavy atom. The predicted molar refractivity (Wildman–Crippen MR) is 73.8 cm³/mol. The fourth-order valence-corrected chi connectivity index (χ4v) is 2.72. The van der Waals surface area contributed by atoms with Crippen LogP contribution in [0.15, 0.2) is 30.3 Å². The van der Waals surface area contributed by atoms with Gasteiger partial charge < -0.3 is 15.0 Å². The van der Waals surface area contributed by atoms with Crippen molar-refractivity contribution in [3.8, 4) is 0 Å². The lowest BCUT2D eigenvalue weighted by Gasteiger charge is -2.15. The minimum atomic E-state index is 0.106. The van der Waals surface area contributed by atoms with Gasteiger partial charge in [-0.05, 0) is 17.5 Å². The fourth-order valence-electron chi connectivity index (χ4n) is 2.72. The van der Waals surface area contributed by atoms with Crippen LogP contribution in [0.5, 0.6) is 0 Å². The van der Waals surface area contributed by atoms with E-state index in [9.17, 15) is 4.79 Å². The number of nitrogens with zero attached hydrogens (tertiary/aromatic N) is 1. The van der Waals surface area contributed by atoms with E-state index in [4.69, 9.17) is 5.11 Å². The smallest absolute Gasteiger partial charge is 0.223 e. The van der Waals surface area contributed by atoms with E-state index in [1.54, 1.807) is 0 Å². The summed E-state index contributed by atoms with van der Waals surface area (Å²) in [6.07, 6.45) is 1.32. The lowest BCUT2D eigenvalue weighted by Crippen LogP contribution is -2.27.